The monoisotopic (exact) mass is 273 g/mol. The smallest absolute Gasteiger partial charge is 0.150 e. The molecule has 0 unspecified atom stereocenters. The van der Waals surface area contributed by atoms with Crippen molar-refractivity contribution in [1.82, 2.24) is 0 Å². The van der Waals surface area contributed by atoms with Crippen molar-refractivity contribution in [2.45, 2.75) is 6.61 Å². The lowest BCUT2D eigenvalue weighted by atomic mass is 10.1. The summed E-state index contributed by atoms with van der Waals surface area (Å²) in [5, 5.41) is 8.71. The Labute approximate surface area is 114 Å². The van der Waals surface area contributed by atoms with E-state index in [1.807, 2.05) is 0 Å². The van der Waals surface area contributed by atoms with Crippen molar-refractivity contribution >= 4 is 6.29 Å². The van der Waals surface area contributed by atoms with Crippen LogP contribution in [0.2, 0.25) is 0 Å². The summed E-state index contributed by atoms with van der Waals surface area (Å²) < 4.78 is 31.6. The number of hydrogen-bond acceptors (Lipinski definition) is 3. The highest BCUT2D eigenvalue weighted by Gasteiger charge is 2.05. The lowest BCUT2D eigenvalue weighted by Gasteiger charge is -2.07. The van der Waals surface area contributed by atoms with Gasteiger partial charge >= 0.3 is 0 Å². The minimum absolute atomic E-state index is 0.0384. The van der Waals surface area contributed by atoms with Gasteiger partial charge < -0.3 is 4.74 Å². The van der Waals surface area contributed by atoms with Crippen molar-refractivity contribution in [3.8, 4) is 11.8 Å². The SMILES string of the molecule is N#Cc1cc(COc2cc(F)cc(C=O)c2)ccc1F. The standard InChI is InChI=1S/C15H9F2NO2/c16-13-4-11(8-19)5-14(6-13)20-9-10-1-2-15(17)12(3-10)7-18/h1-6,8H,9H2. The van der Waals surface area contributed by atoms with E-state index in [9.17, 15) is 13.6 Å². The second kappa shape index (κ2) is 5.93. The first kappa shape index (κ1) is 13.7. The predicted molar refractivity (Wildman–Crippen MR) is 67.2 cm³/mol. The van der Waals surface area contributed by atoms with E-state index in [0.717, 1.165) is 12.1 Å². The highest BCUT2D eigenvalue weighted by molar-refractivity contribution is 5.75. The quantitative estimate of drug-likeness (QED) is 0.803. The van der Waals surface area contributed by atoms with Gasteiger partial charge in [-0.15, -0.1) is 0 Å². The molecule has 3 nitrogen and oxygen atoms in total. The molecule has 0 N–H and O–H groups in total. The third-order valence-corrected chi connectivity index (χ3v) is 2.59. The minimum atomic E-state index is -0.606. The molecular weight excluding hydrogens is 264 g/mol. The van der Waals surface area contributed by atoms with Gasteiger partial charge in [0.15, 0.2) is 0 Å². The number of aldehydes is 1. The molecular formula is C15H9F2NO2. The molecule has 0 aliphatic carbocycles. The summed E-state index contributed by atoms with van der Waals surface area (Å²) >= 11 is 0. The predicted octanol–water partition coefficient (Wildman–Crippen LogP) is 3.23. The second-order valence-corrected chi connectivity index (χ2v) is 4.05. The number of ether oxygens (including phenoxy) is 1. The number of nitrogens with zero attached hydrogens (tertiary/aromatic N) is 1. The van der Waals surface area contributed by atoms with E-state index in [2.05, 4.69) is 0 Å². The Bertz CT molecular complexity index is 693. The Morgan fingerprint density at radius 3 is 2.70 bits per heavy atom. The average molecular weight is 273 g/mol. The zero-order chi connectivity index (χ0) is 14.5. The van der Waals surface area contributed by atoms with Crippen LogP contribution >= 0.6 is 0 Å². The molecule has 0 saturated carbocycles. The molecule has 0 bridgehead atoms. The van der Waals surface area contributed by atoms with Crippen molar-refractivity contribution in [3.05, 3.63) is 64.7 Å². The first-order valence-electron chi connectivity index (χ1n) is 5.69. The van der Waals surface area contributed by atoms with Crippen molar-refractivity contribution in [1.29, 1.82) is 5.26 Å². The van der Waals surface area contributed by atoms with Gasteiger partial charge in [-0.25, -0.2) is 8.78 Å². The topological polar surface area (TPSA) is 50.1 Å². The zero-order valence-corrected chi connectivity index (χ0v) is 10.3. The molecule has 5 heteroatoms. The molecule has 2 aromatic carbocycles. The fraction of sp³-hybridized carbons (Fsp3) is 0.0667. The number of benzene rings is 2. The molecule has 20 heavy (non-hydrogen) atoms. The van der Waals surface area contributed by atoms with E-state index in [-0.39, 0.29) is 23.5 Å². The summed E-state index contributed by atoms with van der Waals surface area (Å²) in [5.74, 6) is -0.999. The first-order valence-corrected chi connectivity index (χ1v) is 5.69. The molecule has 0 heterocycles. The number of hydrogen-bond donors (Lipinski definition) is 0. The number of carbonyl (C=O) groups is 1. The maximum atomic E-state index is 13.2. The van der Waals surface area contributed by atoms with Crippen LogP contribution in [0.1, 0.15) is 21.5 Å². The van der Waals surface area contributed by atoms with Crippen LogP contribution in [0.5, 0.6) is 5.75 Å². The molecule has 2 aromatic rings. The van der Waals surface area contributed by atoms with Crippen LogP contribution in [-0.4, -0.2) is 6.29 Å². The van der Waals surface area contributed by atoms with Crippen LogP contribution in [0.25, 0.3) is 0 Å². The molecule has 100 valence electrons. The Hall–Kier alpha value is -2.74. The van der Waals surface area contributed by atoms with E-state index in [1.165, 1.54) is 24.3 Å². The fourth-order valence-electron chi connectivity index (χ4n) is 1.65. The van der Waals surface area contributed by atoms with Gasteiger partial charge in [0.05, 0.1) is 5.56 Å². The molecule has 0 aliphatic heterocycles. The molecule has 0 saturated heterocycles. The highest BCUT2D eigenvalue weighted by Crippen LogP contribution is 2.18. The van der Waals surface area contributed by atoms with Gasteiger partial charge in [-0.2, -0.15) is 5.26 Å². The Kier molecular flexibility index (Phi) is 4.06. The van der Waals surface area contributed by atoms with E-state index in [4.69, 9.17) is 10.00 Å². The van der Waals surface area contributed by atoms with Gasteiger partial charge in [0.25, 0.3) is 0 Å². The van der Waals surface area contributed by atoms with Gasteiger partial charge in [0.2, 0.25) is 0 Å². The molecule has 0 aromatic heterocycles. The third-order valence-electron chi connectivity index (χ3n) is 2.59. The summed E-state index contributed by atoms with van der Waals surface area (Å²) in [7, 11) is 0. The summed E-state index contributed by atoms with van der Waals surface area (Å²) in [6.45, 7) is 0.0384. The summed E-state index contributed by atoms with van der Waals surface area (Å²) in [6.07, 6.45) is 0.515. The lowest BCUT2D eigenvalue weighted by molar-refractivity contribution is 0.112. The maximum absolute atomic E-state index is 13.2. The van der Waals surface area contributed by atoms with Crippen LogP contribution in [0.3, 0.4) is 0 Å². The van der Waals surface area contributed by atoms with Gasteiger partial charge in [-0.3, -0.25) is 4.79 Å². The Morgan fingerprint density at radius 1 is 1.20 bits per heavy atom. The molecule has 0 aliphatic rings. The molecule has 0 fully saturated rings. The van der Waals surface area contributed by atoms with E-state index >= 15 is 0 Å². The van der Waals surface area contributed by atoms with Crippen LogP contribution in [0, 0.1) is 23.0 Å². The van der Waals surface area contributed by atoms with E-state index < -0.39 is 11.6 Å². The van der Waals surface area contributed by atoms with Crippen molar-refractivity contribution in [2.24, 2.45) is 0 Å². The summed E-state index contributed by atoms with van der Waals surface area (Å²) in [4.78, 5) is 10.6. The van der Waals surface area contributed by atoms with E-state index in [0.29, 0.717) is 11.8 Å². The normalized spacial score (nSPS) is 9.85. The van der Waals surface area contributed by atoms with Crippen LogP contribution in [-0.2, 0) is 6.61 Å². The van der Waals surface area contributed by atoms with Crippen LogP contribution in [0.4, 0.5) is 8.78 Å². The third kappa shape index (κ3) is 3.18. The molecule has 0 atom stereocenters. The number of nitriles is 1. The van der Waals surface area contributed by atoms with Crippen molar-refractivity contribution in [2.75, 3.05) is 0 Å². The second-order valence-electron chi connectivity index (χ2n) is 4.05. The zero-order valence-electron chi connectivity index (χ0n) is 10.3. The first-order chi connectivity index (χ1) is 9.62. The van der Waals surface area contributed by atoms with Crippen molar-refractivity contribution in [3.63, 3.8) is 0 Å². The minimum Gasteiger partial charge on any atom is -0.489 e. The molecule has 0 spiro atoms. The molecule has 0 radical (unpaired) electrons. The van der Waals surface area contributed by atoms with Crippen LogP contribution < -0.4 is 4.74 Å². The van der Waals surface area contributed by atoms with Gasteiger partial charge in [0.1, 0.15) is 36.3 Å². The van der Waals surface area contributed by atoms with E-state index in [1.54, 1.807) is 6.07 Å². The summed E-state index contributed by atoms with van der Waals surface area (Å²) in [5.41, 5.74) is 0.649. The summed E-state index contributed by atoms with van der Waals surface area (Å²) in [6, 6.07) is 9.34. The number of carbonyl (C=O) groups excluding carboxylic acids is 1. The fourth-order valence-corrected chi connectivity index (χ4v) is 1.65. The number of rotatable bonds is 4. The molecule has 0 amide bonds. The lowest BCUT2D eigenvalue weighted by Crippen LogP contribution is -1.98. The Morgan fingerprint density at radius 2 is 2.00 bits per heavy atom. The van der Waals surface area contributed by atoms with Crippen LogP contribution in [0.15, 0.2) is 36.4 Å². The van der Waals surface area contributed by atoms with Gasteiger partial charge in [-0.1, -0.05) is 6.07 Å². The van der Waals surface area contributed by atoms with Gasteiger partial charge in [0, 0.05) is 11.6 Å². The highest BCUT2D eigenvalue weighted by atomic mass is 19.1. The van der Waals surface area contributed by atoms with Crippen molar-refractivity contribution < 1.29 is 18.3 Å². The average Bonchev–Trinajstić information content (AvgIpc) is 2.45. The maximum Gasteiger partial charge on any atom is 0.150 e. The molecule has 2 rings (SSSR count). The van der Waals surface area contributed by atoms with Gasteiger partial charge in [-0.05, 0) is 29.8 Å². The number of halogens is 2. The largest absolute Gasteiger partial charge is 0.489 e. The Balaban J connectivity index is 2.15.